The Balaban J connectivity index is 1.53. The molecule has 2 heterocycles. The fourth-order valence-corrected chi connectivity index (χ4v) is 8.10. The summed E-state index contributed by atoms with van der Waals surface area (Å²) in [5, 5.41) is 3.24. The number of halogens is 1. The first-order valence-electron chi connectivity index (χ1n) is 12.8. The third-order valence-electron chi connectivity index (χ3n) is 6.23. The van der Waals surface area contributed by atoms with Crippen LogP contribution in [0.25, 0.3) is 10.2 Å². The zero-order chi connectivity index (χ0) is 29.7. The van der Waals surface area contributed by atoms with Crippen molar-refractivity contribution in [2.45, 2.75) is 45.6 Å². The van der Waals surface area contributed by atoms with Crippen molar-refractivity contribution in [2.75, 3.05) is 30.5 Å². The molecule has 15 heteroatoms. The topological polar surface area (TPSA) is 150 Å². The molecule has 1 aliphatic carbocycles. The van der Waals surface area contributed by atoms with E-state index in [9.17, 15) is 27.6 Å². The van der Waals surface area contributed by atoms with Gasteiger partial charge in [-0.15, -0.1) is 11.3 Å². The maximum absolute atomic E-state index is 12.8. The van der Waals surface area contributed by atoms with Gasteiger partial charge in [0.25, 0.3) is 5.91 Å². The number of aryl methyl sites for hydroxylation is 1. The third kappa shape index (κ3) is 7.61. The van der Waals surface area contributed by atoms with Gasteiger partial charge in [0.2, 0.25) is 5.91 Å². The van der Waals surface area contributed by atoms with Crippen LogP contribution in [0, 0.1) is 0 Å². The predicted molar refractivity (Wildman–Crippen MR) is 156 cm³/mol. The van der Waals surface area contributed by atoms with E-state index in [-0.39, 0.29) is 28.5 Å². The van der Waals surface area contributed by atoms with Gasteiger partial charge >= 0.3 is 11.9 Å². The average Bonchev–Trinajstić information content (AvgIpc) is 3.29. The average molecular weight is 642 g/mol. The third-order valence-corrected chi connectivity index (χ3v) is 10.1. The maximum Gasteiger partial charge on any atom is 0.341 e. The minimum Gasteiger partial charge on any atom is -0.468 e. The molecule has 1 aliphatic rings. The highest BCUT2D eigenvalue weighted by atomic mass is 35.5. The van der Waals surface area contributed by atoms with E-state index < -0.39 is 45.1 Å². The van der Waals surface area contributed by atoms with E-state index in [1.54, 1.807) is 25.1 Å². The molecule has 0 saturated heterocycles. The Morgan fingerprint density at radius 1 is 1.10 bits per heavy atom. The van der Waals surface area contributed by atoms with E-state index in [4.69, 9.17) is 21.1 Å². The monoisotopic (exact) mass is 641 g/mol. The second-order valence-electron chi connectivity index (χ2n) is 9.23. The number of fused-ring (bicyclic) bond motifs is 2. The zero-order valence-corrected chi connectivity index (χ0v) is 25.6. The van der Waals surface area contributed by atoms with Gasteiger partial charge in [0.05, 0.1) is 29.5 Å². The first-order valence-corrected chi connectivity index (χ1v) is 16.6. The van der Waals surface area contributed by atoms with Crippen LogP contribution < -0.4 is 10.1 Å². The van der Waals surface area contributed by atoms with E-state index in [0.29, 0.717) is 21.7 Å². The predicted octanol–water partition coefficient (Wildman–Crippen LogP) is 3.52. The van der Waals surface area contributed by atoms with Crippen molar-refractivity contribution in [3.05, 3.63) is 44.0 Å². The molecule has 0 unspecified atom stereocenters. The second kappa shape index (κ2) is 13.3. The number of sulfone groups is 1. The van der Waals surface area contributed by atoms with Crippen molar-refractivity contribution in [3.63, 3.8) is 0 Å². The highest BCUT2D eigenvalue weighted by Gasteiger charge is 2.28. The van der Waals surface area contributed by atoms with Gasteiger partial charge in [-0.2, -0.15) is 4.99 Å². The number of aromatic nitrogens is 1. The molecule has 4 rings (SSSR count). The number of esters is 2. The van der Waals surface area contributed by atoms with Gasteiger partial charge in [-0.05, 0) is 56.4 Å². The largest absolute Gasteiger partial charge is 0.468 e. The lowest BCUT2D eigenvalue weighted by molar-refractivity contribution is -0.141. The standard InChI is InChI=1S/C26H28ClN3O8S3/c1-3-38-25(34)23-16-7-5-4-6-8-18(16)39-24(23)28-20(31)13-41(35,36)14-21(32)29-26-30(12-22(33)37-2)17-10-9-15(27)11-19(17)40-26/h9-11H,3-8,12-14H2,1-2H3,(H,28,31). The summed E-state index contributed by atoms with van der Waals surface area (Å²) < 4.78 is 37.6. The SMILES string of the molecule is CCOC(=O)c1c(NC(=O)CS(=O)(=O)CC(=O)N=c2sc3cc(Cl)ccc3n2CC(=O)OC)sc2c1CCCCC2. The van der Waals surface area contributed by atoms with Crippen LogP contribution >= 0.6 is 34.3 Å². The molecule has 0 aliphatic heterocycles. The van der Waals surface area contributed by atoms with Crippen LogP contribution in [0.2, 0.25) is 5.02 Å². The fraction of sp³-hybridized carbons (Fsp3) is 0.423. The molecule has 0 radical (unpaired) electrons. The molecular formula is C26H28ClN3O8S3. The number of carbonyl (C=O) groups excluding carboxylic acids is 4. The van der Waals surface area contributed by atoms with Gasteiger partial charge in [-0.1, -0.05) is 29.4 Å². The Morgan fingerprint density at radius 2 is 1.85 bits per heavy atom. The molecule has 0 bridgehead atoms. The summed E-state index contributed by atoms with van der Waals surface area (Å²) >= 11 is 8.36. The van der Waals surface area contributed by atoms with Crippen molar-refractivity contribution in [1.29, 1.82) is 0 Å². The Kier molecular flexibility index (Phi) is 10.00. The summed E-state index contributed by atoms with van der Waals surface area (Å²) in [5.41, 5.74) is 1.67. The molecule has 0 fully saturated rings. The molecule has 1 aromatic carbocycles. The van der Waals surface area contributed by atoms with Gasteiger partial charge in [0, 0.05) is 9.90 Å². The Hall–Kier alpha value is -3.07. The van der Waals surface area contributed by atoms with Crippen molar-refractivity contribution in [3.8, 4) is 0 Å². The summed E-state index contributed by atoms with van der Waals surface area (Å²) in [6.07, 6.45) is 4.31. The number of methoxy groups -OCH3 is 1. The summed E-state index contributed by atoms with van der Waals surface area (Å²) in [4.78, 5) is 55.2. The van der Waals surface area contributed by atoms with E-state index in [1.165, 1.54) is 23.0 Å². The molecule has 3 aromatic rings. The normalized spacial score (nSPS) is 13.9. The lowest BCUT2D eigenvalue weighted by Crippen LogP contribution is -2.29. The second-order valence-corrected chi connectivity index (χ2v) is 13.8. The van der Waals surface area contributed by atoms with Crippen LogP contribution in [0.1, 0.15) is 47.0 Å². The summed E-state index contributed by atoms with van der Waals surface area (Å²) in [6.45, 7) is 1.58. The van der Waals surface area contributed by atoms with Crippen molar-refractivity contribution < 1.29 is 37.1 Å². The van der Waals surface area contributed by atoms with Crippen LogP contribution in [0.3, 0.4) is 0 Å². The van der Waals surface area contributed by atoms with Crippen LogP contribution in [0.4, 0.5) is 5.00 Å². The number of carbonyl (C=O) groups is 4. The summed E-state index contributed by atoms with van der Waals surface area (Å²) in [6, 6.07) is 4.89. The highest BCUT2D eigenvalue weighted by molar-refractivity contribution is 7.92. The van der Waals surface area contributed by atoms with Crippen LogP contribution in [-0.4, -0.2) is 62.0 Å². The molecule has 0 spiro atoms. The molecule has 1 N–H and O–H groups in total. The van der Waals surface area contributed by atoms with Crippen LogP contribution in [0.15, 0.2) is 23.2 Å². The molecule has 0 atom stereocenters. The summed E-state index contributed by atoms with van der Waals surface area (Å²) in [7, 11) is -3.01. The van der Waals surface area contributed by atoms with Crippen molar-refractivity contribution >= 4 is 83.1 Å². The maximum atomic E-state index is 12.8. The summed E-state index contributed by atoms with van der Waals surface area (Å²) in [5.74, 6) is -5.06. The molecule has 220 valence electrons. The molecule has 41 heavy (non-hydrogen) atoms. The highest BCUT2D eigenvalue weighted by Crippen LogP contribution is 2.38. The first kappa shape index (κ1) is 30.9. The van der Waals surface area contributed by atoms with Gasteiger partial charge < -0.3 is 19.4 Å². The number of amides is 2. The Morgan fingerprint density at radius 3 is 2.59 bits per heavy atom. The van der Waals surface area contributed by atoms with Gasteiger partial charge in [0.15, 0.2) is 14.6 Å². The number of ether oxygens (including phenoxy) is 2. The Labute approximate surface area is 249 Å². The lowest BCUT2D eigenvalue weighted by Gasteiger charge is -2.08. The van der Waals surface area contributed by atoms with Crippen LogP contribution in [0.5, 0.6) is 0 Å². The smallest absolute Gasteiger partial charge is 0.341 e. The molecule has 2 aromatic heterocycles. The van der Waals surface area contributed by atoms with Gasteiger partial charge in [0.1, 0.15) is 23.1 Å². The van der Waals surface area contributed by atoms with Gasteiger partial charge in [-0.25, -0.2) is 13.2 Å². The molecular weight excluding hydrogens is 614 g/mol. The van der Waals surface area contributed by atoms with Gasteiger partial charge in [-0.3, -0.25) is 14.4 Å². The molecule has 11 nitrogen and oxygen atoms in total. The number of rotatable bonds is 9. The number of nitrogens with zero attached hydrogens (tertiary/aromatic N) is 2. The number of anilines is 1. The molecule has 2 amide bonds. The number of thiophene rings is 1. The number of hydrogen-bond donors (Lipinski definition) is 1. The lowest BCUT2D eigenvalue weighted by atomic mass is 10.1. The fourth-order valence-electron chi connectivity index (χ4n) is 4.47. The number of hydrogen-bond acceptors (Lipinski definition) is 10. The number of benzene rings is 1. The van der Waals surface area contributed by atoms with E-state index in [1.807, 2.05) is 0 Å². The van der Waals surface area contributed by atoms with Crippen molar-refractivity contribution in [2.24, 2.45) is 4.99 Å². The van der Waals surface area contributed by atoms with E-state index in [0.717, 1.165) is 47.5 Å². The minimum absolute atomic E-state index is 0.0801. The number of thiazole rings is 1. The van der Waals surface area contributed by atoms with Crippen LogP contribution in [-0.2, 0) is 53.1 Å². The zero-order valence-electron chi connectivity index (χ0n) is 22.4. The minimum atomic E-state index is -4.23. The van der Waals surface area contributed by atoms with E-state index in [2.05, 4.69) is 10.3 Å². The van der Waals surface area contributed by atoms with E-state index >= 15 is 0 Å². The number of nitrogens with one attached hydrogen (secondary N) is 1. The Bertz CT molecular complexity index is 1690. The quantitative estimate of drug-likeness (QED) is 0.275. The molecule has 0 saturated carbocycles. The van der Waals surface area contributed by atoms with Crippen molar-refractivity contribution in [1.82, 2.24) is 4.57 Å². The first-order chi connectivity index (χ1) is 19.5.